The molecule has 0 saturated heterocycles. The second-order valence-corrected chi connectivity index (χ2v) is 15.8. The lowest BCUT2D eigenvalue weighted by Gasteiger charge is -2.43. The fourth-order valence-electron chi connectivity index (χ4n) is 11.7. The van der Waals surface area contributed by atoms with Gasteiger partial charge in [-0.15, -0.1) is 0 Å². The zero-order valence-corrected chi connectivity index (χ0v) is 30.0. The average molecular weight is 707 g/mol. The van der Waals surface area contributed by atoms with Crippen molar-refractivity contribution in [1.82, 2.24) is 0 Å². The van der Waals surface area contributed by atoms with Gasteiger partial charge in [-0.25, -0.2) is 9.59 Å². The zero-order valence-electron chi connectivity index (χ0n) is 30.0. The molecular weight excluding hydrogens is 661 g/mol. The molecule has 4 aromatic rings. The first kappa shape index (κ1) is 33.7. The van der Waals surface area contributed by atoms with Crippen molar-refractivity contribution < 1.29 is 28.5 Å². The molecule has 5 aliphatic rings. The zero-order chi connectivity index (χ0) is 36.1. The molecule has 270 valence electrons. The van der Waals surface area contributed by atoms with E-state index in [1.807, 2.05) is 24.3 Å². The summed E-state index contributed by atoms with van der Waals surface area (Å²) in [5.74, 6) is 8.79. The van der Waals surface area contributed by atoms with E-state index in [1.54, 1.807) is 60.7 Å². The Hall–Kier alpha value is -5.10. The van der Waals surface area contributed by atoms with Gasteiger partial charge < -0.3 is 18.9 Å². The van der Waals surface area contributed by atoms with Crippen LogP contribution < -0.4 is 18.9 Å². The third-order valence-electron chi connectivity index (χ3n) is 13.4. The fraction of sp³-hybridized carbons (Fsp3) is 0.362. The number of carbonyl (C=O) groups is 2. The number of para-hydroxylation sites is 2. The van der Waals surface area contributed by atoms with Crippen LogP contribution in [0.4, 0.5) is 0 Å². The highest BCUT2D eigenvalue weighted by molar-refractivity contribution is 5.92. The first-order valence-corrected chi connectivity index (χ1v) is 19.3. The lowest BCUT2D eigenvalue weighted by molar-refractivity contribution is 0.0610. The topological polar surface area (TPSA) is 71.1 Å². The number of hydrogen-bond donors (Lipinski definition) is 0. The summed E-state index contributed by atoms with van der Waals surface area (Å²) in [6, 6.07) is 30.6. The Balaban J connectivity index is 0.885. The fourth-order valence-corrected chi connectivity index (χ4v) is 11.7. The molecule has 6 heteroatoms. The second kappa shape index (κ2) is 14.0. The van der Waals surface area contributed by atoms with Crippen LogP contribution in [0.2, 0.25) is 0 Å². The molecular formula is C47H46O6. The average Bonchev–Trinajstić information content (AvgIpc) is 4.02. The Kier molecular flexibility index (Phi) is 8.93. The van der Waals surface area contributed by atoms with Crippen LogP contribution in [0.3, 0.4) is 0 Å². The molecule has 4 aromatic carbocycles. The summed E-state index contributed by atoms with van der Waals surface area (Å²) in [5, 5.41) is 0. The van der Waals surface area contributed by atoms with Gasteiger partial charge in [0.15, 0.2) is 0 Å². The molecule has 0 spiro atoms. The Morgan fingerprint density at radius 1 is 0.547 bits per heavy atom. The van der Waals surface area contributed by atoms with Crippen LogP contribution in [0.5, 0.6) is 23.0 Å². The number of ether oxygens (including phenoxy) is 4. The molecule has 0 radical (unpaired) electrons. The van der Waals surface area contributed by atoms with Crippen molar-refractivity contribution >= 4 is 11.9 Å². The van der Waals surface area contributed by atoms with E-state index in [0.717, 1.165) is 41.9 Å². The molecule has 0 amide bonds. The summed E-state index contributed by atoms with van der Waals surface area (Å²) in [6.45, 7) is 8.21. The molecule has 4 bridgehead atoms. The van der Waals surface area contributed by atoms with Crippen LogP contribution in [0.1, 0.15) is 75.8 Å². The van der Waals surface area contributed by atoms with Gasteiger partial charge in [0.05, 0.1) is 11.1 Å². The maximum absolute atomic E-state index is 13.3. The summed E-state index contributed by atoms with van der Waals surface area (Å²) in [4.78, 5) is 26.6. The van der Waals surface area contributed by atoms with E-state index in [2.05, 4.69) is 37.4 Å². The SMILES string of the molecule is C=CCOc1ccc(C(=O)Oc2ccccc2C2CC3C(C2)C2CC3C3C4CC(c5ccccc5OC(=O)c5ccc(OCC=C)cc5)C(C4)C23)cc1. The molecule has 0 aromatic heterocycles. The minimum absolute atomic E-state index is 0.341. The van der Waals surface area contributed by atoms with Crippen molar-refractivity contribution in [1.29, 1.82) is 0 Å². The van der Waals surface area contributed by atoms with Crippen molar-refractivity contribution in [2.75, 3.05) is 13.2 Å². The Bertz CT molecular complexity index is 2020. The maximum atomic E-state index is 13.3. The summed E-state index contributed by atoms with van der Waals surface area (Å²) < 4.78 is 23.4. The number of hydrogen-bond acceptors (Lipinski definition) is 6. The molecule has 10 atom stereocenters. The van der Waals surface area contributed by atoms with Gasteiger partial charge >= 0.3 is 11.9 Å². The number of carbonyl (C=O) groups excluding carboxylic acids is 2. The van der Waals surface area contributed by atoms with Crippen molar-refractivity contribution in [3.05, 3.63) is 145 Å². The van der Waals surface area contributed by atoms with Crippen LogP contribution in [-0.2, 0) is 0 Å². The van der Waals surface area contributed by atoms with Gasteiger partial charge in [-0.05, 0) is 163 Å². The molecule has 0 N–H and O–H groups in total. The van der Waals surface area contributed by atoms with E-state index in [1.165, 1.54) is 36.8 Å². The van der Waals surface area contributed by atoms with Crippen LogP contribution >= 0.6 is 0 Å². The standard InChI is InChI=1S/C47H46O6/c1-3-21-50-32-17-13-28(14-18-32)46(48)52-42-11-7-5-9-34(42)30-23-37-38(24-30)41-27-40(37)44-31-25-36(39(26-31)45(41)44)35-10-6-8-12-43(35)53-47(49)29-15-19-33(20-16-29)51-22-4-2/h3-20,30-31,36-41,44-45H,1-2,21-27H2. The lowest BCUT2D eigenvalue weighted by atomic mass is 9.61. The van der Waals surface area contributed by atoms with E-state index in [4.69, 9.17) is 18.9 Å². The van der Waals surface area contributed by atoms with E-state index in [-0.39, 0.29) is 11.9 Å². The monoisotopic (exact) mass is 706 g/mol. The van der Waals surface area contributed by atoms with E-state index < -0.39 is 0 Å². The van der Waals surface area contributed by atoms with Gasteiger partial charge in [-0.2, -0.15) is 0 Å². The Morgan fingerprint density at radius 3 is 1.62 bits per heavy atom. The quantitative estimate of drug-likeness (QED) is 0.0632. The normalized spacial score (nSPS) is 30.0. The van der Waals surface area contributed by atoms with Crippen LogP contribution in [-0.4, -0.2) is 25.2 Å². The van der Waals surface area contributed by atoms with Crippen molar-refractivity contribution in [2.24, 2.45) is 47.3 Å². The van der Waals surface area contributed by atoms with Gasteiger partial charge in [-0.3, -0.25) is 0 Å². The maximum Gasteiger partial charge on any atom is 0.343 e. The summed E-state index contributed by atoms with van der Waals surface area (Å²) in [5.41, 5.74) is 3.37. The molecule has 0 heterocycles. The van der Waals surface area contributed by atoms with Crippen LogP contribution in [0, 0.1) is 47.3 Å². The van der Waals surface area contributed by atoms with Gasteiger partial charge in [0.25, 0.3) is 0 Å². The first-order chi connectivity index (χ1) is 26.0. The highest BCUT2D eigenvalue weighted by Crippen LogP contribution is 2.76. The van der Waals surface area contributed by atoms with E-state index in [9.17, 15) is 9.59 Å². The van der Waals surface area contributed by atoms with Gasteiger partial charge in [0, 0.05) is 0 Å². The molecule has 5 aliphatic carbocycles. The predicted molar refractivity (Wildman–Crippen MR) is 204 cm³/mol. The van der Waals surface area contributed by atoms with E-state index >= 15 is 0 Å². The largest absolute Gasteiger partial charge is 0.490 e. The van der Waals surface area contributed by atoms with E-state index in [0.29, 0.717) is 71.0 Å². The smallest absolute Gasteiger partial charge is 0.343 e. The molecule has 5 fully saturated rings. The van der Waals surface area contributed by atoms with Crippen molar-refractivity contribution in [3.63, 3.8) is 0 Å². The number of benzene rings is 4. The number of rotatable bonds is 12. The summed E-state index contributed by atoms with van der Waals surface area (Å²) in [6.07, 6.45) is 9.57. The summed E-state index contributed by atoms with van der Waals surface area (Å²) >= 11 is 0. The van der Waals surface area contributed by atoms with Crippen LogP contribution in [0.15, 0.2) is 122 Å². The molecule has 6 nitrogen and oxygen atoms in total. The predicted octanol–water partition coefficient (Wildman–Crippen LogP) is 10.1. The first-order valence-electron chi connectivity index (χ1n) is 19.3. The van der Waals surface area contributed by atoms with Crippen molar-refractivity contribution in [2.45, 2.75) is 43.9 Å². The molecule has 53 heavy (non-hydrogen) atoms. The van der Waals surface area contributed by atoms with Gasteiger partial charge in [0.1, 0.15) is 36.2 Å². The van der Waals surface area contributed by atoms with Gasteiger partial charge in [0.2, 0.25) is 0 Å². The third kappa shape index (κ3) is 6.06. The number of esters is 2. The Labute approximate surface area is 311 Å². The highest BCUT2D eigenvalue weighted by atomic mass is 16.5. The van der Waals surface area contributed by atoms with Crippen molar-refractivity contribution in [3.8, 4) is 23.0 Å². The molecule has 5 saturated carbocycles. The third-order valence-corrected chi connectivity index (χ3v) is 13.4. The Morgan fingerprint density at radius 2 is 1.06 bits per heavy atom. The lowest BCUT2D eigenvalue weighted by Crippen LogP contribution is -2.38. The second-order valence-electron chi connectivity index (χ2n) is 15.8. The molecule has 10 unspecified atom stereocenters. The minimum atomic E-state index is -0.346. The highest BCUT2D eigenvalue weighted by Gasteiger charge is 2.68. The number of fused-ring (bicyclic) bond motifs is 12. The van der Waals surface area contributed by atoms with Crippen LogP contribution in [0.25, 0.3) is 0 Å². The molecule has 9 rings (SSSR count). The van der Waals surface area contributed by atoms with Gasteiger partial charge in [-0.1, -0.05) is 61.7 Å². The molecule has 0 aliphatic heterocycles. The summed E-state index contributed by atoms with van der Waals surface area (Å²) in [7, 11) is 0. The minimum Gasteiger partial charge on any atom is -0.490 e.